The lowest BCUT2D eigenvalue weighted by Gasteiger charge is -2.09. The number of nitrogens with one attached hydrogen (secondary N) is 1. The Bertz CT molecular complexity index is 612. The van der Waals surface area contributed by atoms with Gasteiger partial charge in [-0.15, -0.1) is 0 Å². The number of nitrogens with zero attached hydrogens (tertiary/aromatic N) is 1. The maximum absolute atomic E-state index is 13.0. The first-order valence-electron chi connectivity index (χ1n) is 6.30. The third kappa shape index (κ3) is 3.32. The van der Waals surface area contributed by atoms with Crippen LogP contribution in [-0.2, 0) is 13.0 Å². The number of rotatable bonds is 5. The van der Waals surface area contributed by atoms with Crippen molar-refractivity contribution < 1.29 is 14.3 Å². The van der Waals surface area contributed by atoms with Crippen molar-refractivity contribution in [2.45, 2.75) is 19.9 Å². The summed E-state index contributed by atoms with van der Waals surface area (Å²) >= 11 is 0. The number of benzene rings is 1. The summed E-state index contributed by atoms with van der Waals surface area (Å²) in [5.74, 6) is -1.71. The largest absolute Gasteiger partial charge is 0.478 e. The molecular formula is C15H15FN2O2. The third-order valence-corrected chi connectivity index (χ3v) is 2.98. The highest BCUT2D eigenvalue weighted by Crippen LogP contribution is 2.15. The molecule has 0 radical (unpaired) electrons. The van der Waals surface area contributed by atoms with E-state index in [-0.39, 0.29) is 11.4 Å². The van der Waals surface area contributed by atoms with E-state index in [0.29, 0.717) is 6.54 Å². The first-order valence-corrected chi connectivity index (χ1v) is 6.30. The second kappa shape index (κ2) is 6.14. The summed E-state index contributed by atoms with van der Waals surface area (Å²) in [6.45, 7) is 2.51. The van der Waals surface area contributed by atoms with Crippen LogP contribution in [0.1, 0.15) is 28.4 Å². The van der Waals surface area contributed by atoms with Gasteiger partial charge in [-0.3, -0.25) is 0 Å². The van der Waals surface area contributed by atoms with Crippen LogP contribution in [0, 0.1) is 5.82 Å². The van der Waals surface area contributed by atoms with Crippen LogP contribution in [0.3, 0.4) is 0 Å². The quantitative estimate of drug-likeness (QED) is 0.879. The maximum Gasteiger partial charge on any atom is 0.339 e. The molecule has 1 heterocycles. The highest BCUT2D eigenvalue weighted by atomic mass is 19.1. The fourth-order valence-corrected chi connectivity index (χ4v) is 1.82. The van der Waals surface area contributed by atoms with Gasteiger partial charge in [0.25, 0.3) is 0 Å². The van der Waals surface area contributed by atoms with E-state index in [0.717, 1.165) is 24.2 Å². The summed E-state index contributed by atoms with van der Waals surface area (Å²) in [6, 6.07) is 8.93. The molecular weight excluding hydrogens is 259 g/mol. The first-order chi connectivity index (χ1) is 9.60. The zero-order valence-corrected chi connectivity index (χ0v) is 11.1. The van der Waals surface area contributed by atoms with Crippen LogP contribution in [-0.4, -0.2) is 16.1 Å². The minimum Gasteiger partial charge on any atom is -0.478 e. The zero-order valence-electron chi connectivity index (χ0n) is 11.1. The van der Waals surface area contributed by atoms with Crippen LogP contribution in [0.25, 0.3) is 0 Å². The topological polar surface area (TPSA) is 62.2 Å². The normalized spacial score (nSPS) is 10.3. The average Bonchev–Trinajstić information content (AvgIpc) is 2.46. The SMILES string of the molecule is CCc1ccc(CNc2ncc(F)cc2C(=O)O)cc1. The van der Waals surface area contributed by atoms with Gasteiger partial charge in [-0.1, -0.05) is 31.2 Å². The predicted molar refractivity (Wildman–Crippen MR) is 74.3 cm³/mol. The number of halogens is 1. The van der Waals surface area contributed by atoms with Crippen molar-refractivity contribution in [1.29, 1.82) is 0 Å². The Morgan fingerprint density at radius 2 is 1.95 bits per heavy atom. The Morgan fingerprint density at radius 3 is 2.55 bits per heavy atom. The summed E-state index contributed by atoms with van der Waals surface area (Å²) in [5.41, 5.74) is 2.07. The molecule has 0 aliphatic rings. The third-order valence-electron chi connectivity index (χ3n) is 2.98. The van der Waals surface area contributed by atoms with Gasteiger partial charge in [-0.2, -0.15) is 0 Å². The van der Waals surface area contributed by atoms with Crippen molar-refractivity contribution in [2.24, 2.45) is 0 Å². The van der Waals surface area contributed by atoms with Gasteiger partial charge in [0.1, 0.15) is 17.2 Å². The molecule has 2 N–H and O–H groups in total. The molecule has 0 amide bonds. The lowest BCUT2D eigenvalue weighted by molar-refractivity contribution is 0.0697. The first kappa shape index (κ1) is 14.0. The summed E-state index contributed by atoms with van der Waals surface area (Å²) in [6.07, 6.45) is 1.96. The monoisotopic (exact) mass is 274 g/mol. The lowest BCUT2D eigenvalue weighted by atomic mass is 10.1. The summed E-state index contributed by atoms with van der Waals surface area (Å²) in [4.78, 5) is 14.8. The Hall–Kier alpha value is -2.43. The molecule has 0 saturated heterocycles. The van der Waals surface area contributed by atoms with Crippen molar-refractivity contribution in [1.82, 2.24) is 4.98 Å². The number of hydrogen-bond donors (Lipinski definition) is 2. The van der Waals surface area contributed by atoms with Crippen molar-refractivity contribution >= 4 is 11.8 Å². The smallest absolute Gasteiger partial charge is 0.339 e. The fourth-order valence-electron chi connectivity index (χ4n) is 1.82. The van der Waals surface area contributed by atoms with Gasteiger partial charge in [-0.05, 0) is 23.6 Å². The lowest BCUT2D eigenvalue weighted by Crippen LogP contribution is -2.09. The second-order valence-corrected chi connectivity index (χ2v) is 4.38. The molecule has 104 valence electrons. The molecule has 0 aliphatic carbocycles. The van der Waals surface area contributed by atoms with Gasteiger partial charge in [0, 0.05) is 6.54 Å². The summed E-state index contributed by atoms with van der Waals surface area (Å²) in [7, 11) is 0. The van der Waals surface area contributed by atoms with Crippen molar-refractivity contribution in [3.05, 3.63) is 59.0 Å². The standard InChI is InChI=1S/C15H15FN2O2/c1-2-10-3-5-11(6-4-10)8-17-14-13(15(19)20)7-12(16)9-18-14/h3-7,9H,2,8H2,1H3,(H,17,18)(H,19,20). The molecule has 0 spiro atoms. The van der Waals surface area contributed by atoms with Crippen molar-refractivity contribution in [3.63, 3.8) is 0 Å². The minimum atomic E-state index is -1.21. The molecule has 0 aliphatic heterocycles. The van der Waals surface area contributed by atoms with Gasteiger partial charge in [0.15, 0.2) is 0 Å². The Labute approximate surface area is 116 Å². The van der Waals surface area contributed by atoms with Crippen LogP contribution in [0.5, 0.6) is 0 Å². The summed E-state index contributed by atoms with van der Waals surface area (Å²) < 4.78 is 13.0. The molecule has 1 aromatic carbocycles. The van der Waals surface area contributed by atoms with E-state index < -0.39 is 11.8 Å². The Morgan fingerprint density at radius 1 is 1.30 bits per heavy atom. The molecule has 2 rings (SSSR count). The number of pyridine rings is 1. The number of hydrogen-bond acceptors (Lipinski definition) is 3. The highest BCUT2D eigenvalue weighted by molar-refractivity contribution is 5.93. The molecule has 0 unspecified atom stereocenters. The van der Waals surface area contributed by atoms with Gasteiger partial charge in [0.2, 0.25) is 0 Å². The van der Waals surface area contributed by atoms with E-state index in [9.17, 15) is 9.18 Å². The van der Waals surface area contributed by atoms with Crippen LogP contribution in [0.4, 0.5) is 10.2 Å². The number of carboxylic acid groups (broad SMARTS) is 1. The van der Waals surface area contributed by atoms with Crippen molar-refractivity contribution in [2.75, 3.05) is 5.32 Å². The molecule has 0 bridgehead atoms. The van der Waals surface area contributed by atoms with Crippen LogP contribution < -0.4 is 5.32 Å². The van der Waals surface area contributed by atoms with Crippen LogP contribution in [0.2, 0.25) is 0 Å². The van der Waals surface area contributed by atoms with E-state index in [1.807, 2.05) is 24.3 Å². The average molecular weight is 274 g/mol. The number of anilines is 1. The molecule has 20 heavy (non-hydrogen) atoms. The number of aromatic nitrogens is 1. The number of carbonyl (C=O) groups is 1. The van der Waals surface area contributed by atoms with Crippen molar-refractivity contribution in [3.8, 4) is 0 Å². The van der Waals surface area contributed by atoms with E-state index >= 15 is 0 Å². The number of aryl methyl sites for hydroxylation is 1. The Kier molecular flexibility index (Phi) is 4.30. The maximum atomic E-state index is 13.0. The van der Waals surface area contributed by atoms with Gasteiger partial charge in [-0.25, -0.2) is 14.2 Å². The van der Waals surface area contributed by atoms with Crippen LogP contribution in [0.15, 0.2) is 36.5 Å². The minimum absolute atomic E-state index is 0.165. The summed E-state index contributed by atoms with van der Waals surface area (Å²) in [5, 5.41) is 11.9. The number of aromatic carboxylic acids is 1. The van der Waals surface area contributed by atoms with Crippen LogP contribution >= 0.6 is 0 Å². The highest BCUT2D eigenvalue weighted by Gasteiger charge is 2.12. The second-order valence-electron chi connectivity index (χ2n) is 4.38. The van der Waals surface area contributed by atoms with E-state index in [1.165, 1.54) is 5.56 Å². The number of carboxylic acids is 1. The molecule has 4 nitrogen and oxygen atoms in total. The molecule has 2 aromatic rings. The van der Waals surface area contributed by atoms with E-state index in [2.05, 4.69) is 17.2 Å². The van der Waals surface area contributed by atoms with Gasteiger partial charge in [0.05, 0.1) is 6.20 Å². The molecule has 0 saturated carbocycles. The molecule has 5 heteroatoms. The Balaban J connectivity index is 2.12. The predicted octanol–water partition coefficient (Wildman–Crippen LogP) is 3.09. The molecule has 1 aromatic heterocycles. The van der Waals surface area contributed by atoms with E-state index in [4.69, 9.17) is 5.11 Å². The zero-order chi connectivity index (χ0) is 14.5. The molecule has 0 atom stereocenters. The molecule has 0 fully saturated rings. The fraction of sp³-hybridized carbons (Fsp3) is 0.200. The van der Waals surface area contributed by atoms with Gasteiger partial charge >= 0.3 is 5.97 Å². The van der Waals surface area contributed by atoms with E-state index in [1.54, 1.807) is 0 Å². The van der Waals surface area contributed by atoms with Gasteiger partial charge < -0.3 is 10.4 Å².